The Labute approximate surface area is 172 Å². The van der Waals surface area contributed by atoms with E-state index in [0.717, 1.165) is 5.69 Å². The lowest BCUT2D eigenvalue weighted by molar-refractivity contribution is -0.127. The second kappa shape index (κ2) is 9.76. The average molecular weight is 418 g/mol. The van der Waals surface area contributed by atoms with E-state index in [0.29, 0.717) is 31.9 Å². The second-order valence-electron chi connectivity index (χ2n) is 6.90. The van der Waals surface area contributed by atoms with Crippen LogP contribution >= 0.6 is 0 Å². The minimum atomic E-state index is -3.42. The number of hydrogen-bond donors (Lipinski definition) is 1. The van der Waals surface area contributed by atoms with E-state index in [1.54, 1.807) is 19.1 Å². The summed E-state index contributed by atoms with van der Waals surface area (Å²) in [6.07, 6.45) is -0.700. The first-order valence-corrected chi connectivity index (χ1v) is 11.3. The van der Waals surface area contributed by atoms with Gasteiger partial charge in [0.05, 0.1) is 5.75 Å². The summed E-state index contributed by atoms with van der Waals surface area (Å²) in [4.78, 5) is 14.3. The van der Waals surface area contributed by atoms with E-state index in [9.17, 15) is 13.2 Å². The van der Waals surface area contributed by atoms with Crippen molar-refractivity contribution in [1.82, 2.24) is 9.62 Å². The van der Waals surface area contributed by atoms with Gasteiger partial charge in [-0.3, -0.25) is 4.79 Å². The average Bonchev–Trinajstić information content (AvgIpc) is 2.75. The van der Waals surface area contributed by atoms with Crippen LogP contribution in [0.3, 0.4) is 0 Å². The molecule has 0 spiro atoms. The third-order valence-electron chi connectivity index (χ3n) is 4.84. The molecular weight excluding hydrogens is 390 g/mol. The third-order valence-corrected chi connectivity index (χ3v) is 6.71. The number of ether oxygens (including phenoxy) is 1. The quantitative estimate of drug-likeness (QED) is 0.708. The Hall–Kier alpha value is -2.58. The van der Waals surface area contributed by atoms with Crippen molar-refractivity contribution in [3.05, 3.63) is 60.7 Å². The number of carbonyl (C=O) groups is 1. The van der Waals surface area contributed by atoms with Crippen LogP contribution in [0.4, 0.5) is 5.69 Å². The molecule has 1 N–H and O–H groups in total. The first-order chi connectivity index (χ1) is 14.0. The fourth-order valence-corrected chi connectivity index (χ4v) is 4.53. The molecule has 0 radical (unpaired) electrons. The predicted molar refractivity (Wildman–Crippen MR) is 114 cm³/mol. The Morgan fingerprint density at radius 2 is 1.59 bits per heavy atom. The van der Waals surface area contributed by atoms with Crippen molar-refractivity contribution in [2.45, 2.75) is 13.0 Å². The first kappa shape index (κ1) is 21.1. The molecule has 1 atom stereocenters. The summed E-state index contributed by atoms with van der Waals surface area (Å²) < 4.78 is 32.2. The molecule has 0 aromatic heterocycles. The molecule has 3 rings (SSSR count). The van der Waals surface area contributed by atoms with Crippen LogP contribution < -0.4 is 15.0 Å². The summed E-state index contributed by atoms with van der Waals surface area (Å²) >= 11 is 0. The third kappa shape index (κ3) is 5.95. The van der Waals surface area contributed by atoms with Gasteiger partial charge in [-0.15, -0.1) is 0 Å². The molecule has 2 aromatic carbocycles. The Kier molecular flexibility index (Phi) is 7.11. The van der Waals surface area contributed by atoms with Crippen molar-refractivity contribution in [2.75, 3.05) is 43.4 Å². The summed E-state index contributed by atoms with van der Waals surface area (Å²) in [6, 6.07) is 19.0. The highest BCUT2D eigenvalue weighted by molar-refractivity contribution is 7.89. The van der Waals surface area contributed by atoms with E-state index >= 15 is 0 Å². The highest BCUT2D eigenvalue weighted by atomic mass is 32.2. The normalized spacial score (nSPS) is 16.2. The van der Waals surface area contributed by atoms with Crippen molar-refractivity contribution < 1.29 is 17.9 Å². The SMILES string of the molecule is CC(Oc1ccccc1)C(=O)NCCS(=O)(=O)N1CCN(c2ccccc2)CC1. The Morgan fingerprint density at radius 3 is 2.21 bits per heavy atom. The molecule has 1 unspecified atom stereocenters. The predicted octanol–water partition coefficient (Wildman–Crippen LogP) is 1.72. The van der Waals surface area contributed by atoms with Crippen molar-refractivity contribution in [2.24, 2.45) is 0 Å². The van der Waals surface area contributed by atoms with Crippen LogP contribution in [0.15, 0.2) is 60.7 Å². The number of piperazine rings is 1. The number of nitrogens with one attached hydrogen (secondary N) is 1. The Morgan fingerprint density at radius 1 is 1.00 bits per heavy atom. The summed E-state index contributed by atoms with van der Waals surface area (Å²) in [5.41, 5.74) is 1.10. The fraction of sp³-hybridized carbons (Fsp3) is 0.381. The minimum Gasteiger partial charge on any atom is -0.481 e. The second-order valence-corrected chi connectivity index (χ2v) is 8.99. The van der Waals surface area contributed by atoms with Crippen LogP contribution in [-0.2, 0) is 14.8 Å². The number of nitrogens with zero attached hydrogens (tertiary/aromatic N) is 2. The van der Waals surface area contributed by atoms with E-state index in [2.05, 4.69) is 10.2 Å². The topological polar surface area (TPSA) is 78.9 Å². The van der Waals surface area contributed by atoms with Crippen LogP contribution in [0.2, 0.25) is 0 Å². The van der Waals surface area contributed by atoms with Gasteiger partial charge < -0.3 is 15.0 Å². The van der Waals surface area contributed by atoms with E-state index in [-0.39, 0.29) is 18.2 Å². The molecule has 0 bridgehead atoms. The summed E-state index contributed by atoms with van der Waals surface area (Å²) in [7, 11) is -3.42. The van der Waals surface area contributed by atoms with Gasteiger partial charge >= 0.3 is 0 Å². The van der Waals surface area contributed by atoms with Crippen molar-refractivity contribution >= 4 is 21.6 Å². The van der Waals surface area contributed by atoms with Crippen LogP contribution in [0, 0.1) is 0 Å². The molecular formula is C21H27N3O4S. The number of carbonyl (C=O) groups excluding carboxylic acids is 1. The molecule has 2 aromatic rings. The van der Waals surface area contributed by atoms with Crippen LogP contribution in [0.5, 0.6) is 5.75 Å². The minimum absolute atomic E-state index is 0.0581. The van der Waals surface area contributed by atoms with Gasteiger partial charge in [-0.1, -0.05) is 36.4 Å². The summed E-state index contributed by atoms with van der Waals surface area (Å²) in [5.74, 6) is 0.138. The molecule has 8 heteroatoms. The zero-order valence-electron chi connectivity index (χ0n) is 16.5. The number of sulfonamides is 1. The standard InChI is InChI=1S/C21H27N3O4S/c1-18(28-20-10-6-3-7-11-20)21(25)22-12-17-29(26,27)24-15-13-23(14-16-24)19-8-4-2-5-9-19/h2-11,18H,12-17H2,1H3,(H,22,25). The van der Waals surface area contributed by atoms with E-state index in [1.807, 2.05) is 48.5 Å². The van der Waals surface area contributed by atoms with Gasteiger partial charge in [-0.05, 0) is 31.2 Å². The molecule has 1 aliphatic heterocycles. The number of hydrogen-bond acceptors (Lipinski definition) is 5. The van der Waals surface area contributed by atoms with Crippen LogP contribution in [0.25, 0.3) is 0 Å². The van der Waals surface area contributed by atoms with Gasteiger partial charge in [-0.25, -0.2) is 8.42 Å². The zero-order chi connectivity index (χ0) is 20.7. The van der Waals surface area contributed by atoms with E-state index < -0.39 is 16.1 Å². The molecule has 29 heavy (non-hydrogen) atoms. The molecule has 7 nitrogen and oxygen atoms in total. The number of anilines is 1. The smallest absolute Gasteiger partial charge is 0.260 e. The van der Waals surface area contributed by atoms with E-state index in [1.165, 1.54) is 4.31 Å². The maximum Gasteiger partial charge on any atom is 0.260 e. The first-order valence-electron chi connectivity index (χ1n) is 9.73. The van der Waals surface area contributed by atoms with Gasteiger partial charge in [0.1, 0.15) is 5.75 Å². The largest absolute Gasteiger partial charge is 0.481 e. The fourth-order valence-electron chi connectivity index (χ4n) is 3.20. The molecule has 156 valence electrons. The van der Waals surface area contributed by atoms with Gasteiger partial charge in [-0.2, -0.15) is 4.31 Å². The van der Waals surface area contributed by atoms with Gasteiger partial charge in [0.25, 0.3) is 5.91 Å². The number of rotatable bonds is 8. The Bertz CT molecular complexity index is 883. The monoisotopic (exact) mass is 417 g/mol. The lowest BCUT2D eigenvalue weighted by atomic mass is 10.2. The lowest BCUT2D eigenvalue weighted by Crippen LogP contribution is -2.50. The molecule has 0 aliphatic carbocycles. The molecule has 1 aliphatic rings. The van der Waals surface area contributed by atoms with Gasteiger partial charge in [0, 0.05) is 38.4 Å². The number of para-hydroxylation sites is 2. The Balaban J connectivity index is 1.42. The summed E-state index contributed by atoms with van der Waals surface area (Å²) in [5, 5.41) is 2.65. The molecule has 0 saturated carbocycles. The highest BCUT2D eigenvalue weighted by Gasteiger charge is 2.27. The highest BCUT2D eigenvalue weighted by Crippen LogP contribution is 2.17. The lowest BCUT2D eigenvalue weighted by Gasteiger charge is -2.35. The molecule has 1 saturated heterocycles. The number of amides is 1. The van der Waals surface area contributed by atoms with E-state index in [4.69, 9.17) is 4.74 Å². The van der Waals surface area contributed by atoms with Crippen LogP contribution in [-0.4, -0.2) is 63.2 Å². The summed E-state index contributed by atoms with van der Waals surface area (Å²) in [6.45, 7) is 3.88. The maximum atomic E-state index is 12.6. The maximum absolute atomic E-state index is 12.6. The van der Waals surface area contributed by atoms with Crippen molar-refractivity contribution in [3.8, 4) is 5.75 Å². The van der Waals surface area contributed by atoms with Crippen LogP contribution in [0.1, 0.15) is 6.92 Å². The van der Waals surface area contributed by atoms with Gasteiger partial charge in [0.15, 0.2) is 6.10 Å². The molecule has 1 fully saturated rings. The molecule has 1 amide bonds. The molecule has 1 heterocycles. The van der Waals surface area contributed by atoms with Crippen molar-refractivity contribution in [1.29, 1.82) is 0 Å². The number of benzene rings is 2. The van der Waals surface area contributed by atoms with Crippen molar-refractivity contribution in [3.63, 3.8) is 0 Å². The van der Waals surface area contributed by atoms with Gasteiger partial charge in [0.2, 0.25) is 10.0 Å². The zero-order valence-corrected chi connectivity index (χ0v) is 17.3.